The van der Waals surface area contributed by atoms with Crippen LogP contribution in [0, 0.1) is 5.92 Å². The zero-order chi connectivity index (χ0) is 9.26. The van der Waals surface area contributed by atoms with Gasteiger partial charge in [0.1, 0.15) is 0 Å². The first kappa shape index (κ1) is 9.00. The second-order valence-electron chi connectivity index (χ2n) is 4.40. The van der Waals surface area contributed by atoms with Gasteiger partial charge in [-0.1, -0.05) is 19.3 Å². The maximum Gasteiger partial charge on any atom is 0.237 e. The molecule has 74 valence electrons. The van der Waals surface area contributed by atoms with E-state index in [-0.39, 0.29) is 11.9 Å². The summed E-state index contributed by atoms with van der Waals surface area (Å²) in [4.78, 5) is 11.5. The maximum atomic E-state index is 11.5. The zero-order valence-corrected chi connectivity index (χ0v) is 8.18. The Balaban J connectivity index is 1.81. The second-order valence-corrected chi connectivity index (χ2v) is 4.40. The van der Waals surface area contributed by atoms with Crippen LogP contribution in [0.2, 0.25) is 0 Å². The molecule has 1 aliphatic carbocycles. The van der Waals surface area contributed by atoms with Gasteiger partial charge in [-0.25, -0.2) is 0 Å². The fourth-order valence-corrected chi connectivity index (χ4v) is 2.06. The summed E-state index contributed by atoms with van der Waals surface area (Å²) in [6, 6.07) is 0.381. The number of amides is 1. The van der Waals surface area contributed by atoms with Gasteiger partial charge in [0.05, 0.1) is 6.04 Å². The lowest BCUT2D eigenvalue weighted by molar-refractivity contribution is -0.125. The van der Waals surface area contributed by atoms with Crippen molar-refractivity contribution in [2.45, 2.75) is 44.7 Å². The molecule has 2 rings (SSSR count). The number of piperazine rings is 1. The van der Waals surface area contributed by atoms with Crippen molar-refractivity contribution in [3.05, 3.63) is 0 Å². The molecule has 0 spiro atoms. The highest BCUT2D eigenvalue weighted by Crippen LogP contribution is 2.30. The van der Waals surface area contributed by atoms with Crippen molar-refractivity contribution in [3.8, 4) is 0 Å². The van der Waals surface area contributed by atoms with Crippen LogP contribution in [0.3, 0.4) is 0 Å². The highest BCUT2D eigenvalue weighted by molar-refractivity contribution is 5.82. The first-order valence-corrected chi connectivity index (χ1v) is 5.29. The Bertz CT molecular complexity index is 201. The molecule has 0 bridgehead atoms. The number of carbonyl (C=O) groups is 1. The Morgan fingerprint density at radius 1 is 1.46 bits per heavy atom. The molecule has 0 aromatic carbocycles. The molecule has 2 N–H and O–H groups in total. The summed E-state index contributed by atoms with van der Waals surface area (Å²) < 4.78 is 0. The van der Waals surface area contributed by atoms with Crippen LogP contribution in [0.15, 0.2) is 0 Å². The Hall–Kier alpha value is -0.570. The fourth-order valence-electron chi connectivity index (χ4n) is 2.06. The maximum absolute atomic E-state index is 11.5. The standard InChI is InChI=1S/C10H18N2O/c1-7-6-11-9(10(13)12-7)5-8-3-2-4-8/h7-9,11H,2-6H2,1H3,(H,12,13). The zero-order valence-electron chi connectivity index (χ0n) is 8.18. The summed E-state index contributed by atoms with van der Waals surface area (Å²) >= 11 is 0. The molecule has 1 aliphatic heterocycles. The molecule has 0 aromatic rings. The Kier molecular flexibility index (Phi) is 2.54. The smallest absolute Gasteiger partial charge is 0.237 e. The summed E-state index contributed by atoms with van der Waals surface area (Å²) in [5.41, 5.74) is 0. The van der Waals surface area contributed by atoms with Crippen molar-refractivity contribution in [3.63, 3.8) is 0 Å². The first-order chi connectivity index (χ1) is 6.25. The predicted molar refractivity (Wildman–Crippen MR) is 51.4 cm³/mol. The van der Waals surface area contributed by atoms with Crippen LogP contribution in [0.1, 0.15) is 32.6 Å². The third-order valence-electron chi connectivity index (χ3n) is 3.17. The molecule has 1 saturated carbocycles. The van der Waals surface area contributed by atoms with Crippen LogP contribution in [0.5, 0.6) is 0 Å². The van der Waals surface area contributed by atoms with Crippen LogP contribution in [0.4, 0.5) is 0 Å². The van der Waals surface area contributed by atoms with Gasteiger partial charge in [-0.2, -0.15) is 0 Å². The van der Waals surface area contributed by atoms with E-state index in [1.54, 1.807) is 0 Å². The summed E-state index contributed by atoms with van der Waals surface area (Å²) in [7, 11) is 0. The highest BCUT2D eigenvalue weighted by Gasteiger charge is 2.29. The van der Waals surface area contributed by atoms with Gasteiger partial charge >= 0.3 is 0 Å². The topological polar surface area (TPSA) is 41.1 Å². The van der Waals surface area contributed by atoms with Gasteiger partial charge in [0.2, 0.25) is 5.91 Å². The minimum atomic E-state index is 0.0847. The van der Waals surface area contributed by atoms with Gasteiger partial charge in [0, 0.05) is 12.6 Å². The van der Waals surface area contributed by atoms with Crippen LogP contribution in [-0.4, -0.2) is 24.5 Å². The number of rotatable bonds is 2. The molecule has 2 atom stereocenters. The third kappa shape index (κ3) is 2.02. The molecule has 2 aliphatic rings. The van der Waals surface area contributed by atoms with Gasteiger partial charge in [0.25, 0.3) is 0 Å². The predicted octanol–water partition coefficient (Wildman–Crippen LogP) is 0.653. The molecular weight excluding hydrogens is 164 g/mol. The normalized spacial score (nSPS) is 35.3. The average molecular weight is 182 g/mol. The summed E-state index contributed by atoms with van der Waals surface area (Å²) in [5, 5.41) is 6.29. The SMILES string of the molecule is CC1CNC(CC2CCC2)C(=O)N1. The van der Waals surface area contributed by atoms with E-state index in [2.05, 4.69) is 10.6 Å². The average Bonchev–Trinajstić information content (AvgIpc) is 1.99. The van der Waals surface area contributed by atoms with Gasteiger partial charge in [-0.05, 0) is 19.3 Å². The van der Waals surface area contributed by atoms with Crippen molar-refractivity contribution >= 4 is 5.91 Å². The fraction of sp³-hybridized carbons (Fsp3) is 0.900. The van der Waals surface area contributed by atoms with E-state index >= 15 is 0 Å². The monoisotopic (exact) mass is 182 g/mol. The van der Waals surface area contributed by atoms with E-state index in [0.717, 1.165) is 18.9 Å². The minimum Gasteiger partial charge on any atom is -0.351 e. The van der Waals surface area contributed by atoms with E-state index in [4.69, 9.17) is 0 Å². The number of hydrogen-bond donors (Lipinski definition) is 2. The molecule has 1 amide bonds. The van der Waals surface area contributed by atoms with Crippen LogP contribution >= 0.6 is 0 Å². The highest BCUT2D eigenvalue weighted by atomic mass is 16.2. The van der Waals surface area contributed by atoms with E-state index in [0.29, 0.717) is 6.04 Å². The number of nitrogens with one attached hydrogen (secondary N) is 2. The largest absolute Gasteiger partial charge is 0.351 e. The van der Waals surface area contributed by atoms with Gasteiger partial charge < -0.3 is 10.6 Å². The van der Waals surface area contributed by atoms with Crippen LogP contribution in [-0.2, 0) is 4.79 Å². The van der Waals surface area contributed by atoms with Crippen molar-refractivity contribution in [1.82, 2.24) is 10.6 Å². The molecule has 3 nitrogen and oxygen atoms in total. The van der Waals surface area contributed by atoms with E-state index < -0.39 is 0 Å². The second kappa shape index (κ2) is 3.66. The molecular formula is C10H18N2O. The van der Waals surface area contributed by atoms with Crippen molar-refractivity contribution in [1.29, 1.82) is 0 Å². The van der Waals surface area contributed by atoms with E-state index in [1.165, 1.54) is 19.3 Å². The molecule has 1 saturated heterocycles. The Morgan fingerprint density at radius 2 is 2.23 bits per heavy atom. The lowest BCUT2D eigenvalue weighted by atomic mass is 9.80. The van der Waals surface area contributed by atoms with E-state index in [9.17, 15) is 4.79 Å². The Labute approximate surface area is 79.3 Å². The van der Waals surface area contributed by atoms with Gasteiger partial charge in [0.15, 0.2) is 0 Å². The van der Waals surface area contributed by atoms with Crippen LogP contribution in [0.25, 0.3) is 0 Å². The molecule has 0 radical (unpaired) electrons. The summed E-state index contributed by atoms with van der Waals surface area (Å²) in [6.07, 6.45) is 5.04. The summed E-state index contributed by atoms with van der Waals surface area (Å²) in [6.45, 7) is 2.95. The van der Waals surface area contributed by atoms with Crippen molar-refractivity contribution in [2.75, 3.05) is 6.54 Å². The quantitative estimate of drug-likeness (QED) is 0.658. The molecule has 2 unspecified atom stereocenters. The minimum absolute atomic E-state index is 0.0847. The van der Waals surface area contributed by atoms with Crippen molar-refractivity contribution in [2.24, 2.45) is 5.92 Å². The van der Waals surface area contributed by atoms with Crippen LogP contribution < -0.4 is 10.6 Å². The van der Waals surface area contributed by atoms with E-state index in [1.807, 2.05) is 6.92 Å². The number of carbonyl (C=O) groups excluding carboxylic acids is 1. The lowest BCUT2D eigenvalue weighted by Gasteiger charge is -2.33. The van der Waals surface area contributed by atoms with Gasteiger partial charge in [-0.3, -0.25) is 4.79 Å². The molecule has 13 heavy (non-hydrogen) atoms. The summed E-state index contributed by atoms with van der Waals surface area (Å²) in [5.74, 6) is 1.00. The first-order valence-electron chi connectivity index (χ1n) is 5.29. The number of hydrogen-bond acceptors (Lipinski definition) is 2. The molecule has 1 heterocycles. The molecule has 0 aromatic heterocycles. The van der Waals surface area contributed by atoms with Gasteiger partial charge in [-0.15, -0.1) is 0 Å². The lowest BCUT2D eigenvalue weighted by Crippen LogP contribution is -2.57. The molecule has 2 fully saturated rings. The molecule has 3 heteroatoms. The Morgan fingerprint density at radius 3 is 2.77 bits per heavy atom. The third-order valence-corrected chi connectivity index (χ3v) is 3.17. The van der Waals surface area contributed by atoms with Crippen molar-refractivity contribution < 1.29 is 4.79 Å².